The quantitative estimate of drug-likeness (QED) is 0.371. The third-order valence-electron chi connectivity index (χ3n) is 4.39. The number of nitrogens with one attached hydrogen (secondary N) is 1. The van der Waals surface area contributed by atoms with Crippen LogP contribution in [-0.2, 0) is 25.7 Å². The van der Waals surface area contributed by atoms with Gasteiger partial charge in [-0.1, -0.05) is 24.3 Å². The van der Waals surface area contributed by atoms with Gasteiger partial charge in [0.15, 0.2) is 0 Å². The summed E-state index contributed by atoms with van der Waals surface area (Å²) in [6.45, 7) is -0.145. The number of carbonyl (C=O) groups excluding carboxylic acids is 3. The summed E-state index contributed by atoms with van der Waals surface area (Å²) >= 11 is 1.43. The number of thioether (sulfide) groups is 1. The number of aliphatic hydroxyl groups is 1. The topological polar surface area (TPSA) is 105 Å². The van der Waals surface area contributed by atoms with E-state index in [1.807, 2.05) is 0 Å². The molecular formula is C19H20N2O6S. The normalized spacial score (nSPS) is 21.2. The maximum absolute atomic E-state index is 12.8. The van der Waals surface area contributed by atoms with Crippen molar-refractivity contribution < 1.29 is 29.0 Å². The molecule has 0 saturated carbocycles. The molecule has 0 radical (unpaired) electrons. The summed E-state index contributed by atoms with van der Waals surface area (Å²) in [7, 11) is 1.57. The molecular weight excluding hydrogens is 384 g/mol. The number of ether oxygens (including phenoxy) is 2. The molecule has 0 spiro atoms. The molecule has 2 N–H and O–H groups in total. The van der Waals surface area contributed by atoms with Crippen LogP contribution in [-0.4, -0.2) is 59.2 Å². The average molecular weight is 404 g/mol. The summed E-state index contributed by atoms with van der Waals surface area (Å²) in [6.07, 6.45) is 3.59. The summed E-state index contributed by atoms with van der Waals surface area (Å²) in [5, 5.41) is 11.2. The van der Waals surface area contributed by atoms with E-state index in [1.165, 1.54) is 22.7 Å². The lowest BCUT2D eigenvalue weighted by molar-refractivity contribution is -0.152. The molecule has 2 aliphatic rings. The molecule has 28 heavy (non-hydrogen) atoms. The molecule has 8 nitrogen and oxygen atoms in total. The van der Waals surface area contributed by atoms with Gasteiger partial charge < -0.3 is 19.9 Å². The van der Waals surface area contributed by atoms with Gasteiger partial charge in [-0.2, -0.15) is 0 Å². The van der Waals surface area contributed by atoms with Gasteiger partial charge in [-0.15, -0.1) is 11.8 Å². The van der Waals surface area contributed by atoms with Crippen molar-refractivity contribution >= 4 is 30.0 Å². The Hall–Kier alpha value is -2.78. The third-order valence-corrected chi connectivity index (χ3v) is 5.69. The number of nitrogens with zero attached hydrogens (tertiary/aromatic N) is 1. The Morgan fingerprint density at radius 1 is 1.39 bits per heavy atom. The minimum Gasteiger partial charge on any atom is -0.497 e. The van der Waals surface area contributed by atoms with Crippen molar-refractivity contribution in [2.24, 2.45) is 0 Å². The number of amides is 2. The monoisotopic (exact) mass is 404 g/mol. The van der Waals surface area contributed by atoms with Crippen LogP contribution in [0, 0.1) is 0 Å². The van der Waals surface area contributed by atoms with Gasteiger partial charge in [0.05, 0.1) is 13.7 Å². The Balaban J connectivity index is 1.78. The second kappa shape index (κ2) is 8.94. The van der Waals surface area contributed by atoms with Crippen molar-refractivity contribution in [2.75, 3.05) is 19.5 Å². The number of aliphatic hydroxyl groups excluding tert-OH is 1. The van der Waals surface area contributed by atoms with Crippen molar-refractivity contribution in [3.63, 3.8) is 0 Å². The van der Waals surface area contributed by atoms with Crippen molar-refractivity contribution in [1.82, 2.24) is 10.2 Å². The molecule has 148 valence electrons. The van der Waals surface area contributed by atoms with Crippen molar-refractivity contribution in [3.05, 3.63) is 53.3 Å². The van der Waals surface area contributed by atoms with Gasteiger partial charge in [0, 0.05) is 5.75 Å². The number of hydrogen-bond acceptors (Lipinski definition) is 7. The number of carbonyl (C=O) groups is 3. The summed E-state index contributed by atoms with van der Waals surface area (Å²) in [5.74, 6) is 0.156. The van der Waals surface area contributed by atoms with Crippen LogP contribution in [0.5, 0.6) is 5.75 Å². The van der Waals surface area contributed by atoms with E-state index < -0.39 is 12.0 Å². The standard InChI is InChI=1S/C19H20N2O6S/c1-26-14-6-4-12(5-7-14)9-27-19(25)16-13(3-2-8-22)10-28-18-15(20-11-23)17(24)21(16)18/h2-7,11,15,18,22H,8-10H2,1H3,(H,20,23)/b3-2+/t15-,18-/m1/s1. The van der Waals surface area contributed by atoms with Crippen LogP contribution in [0.15, 0.2) is 47.7 Å². The van der Waals surface area contributed by atoms with Crippen molar-refractivity contribution in [2.45, 2.75) is 18.0 Å². The zero-order chi connectivity index (χ0) is 20.1. The second-order valence-electron chi connectivity index (χ2n) is 6.05. The van der Waals surface area contributed by atoms with E-state index in [9.17, 15) is 14.4 Å². The second-order valence-corrected chi connectivity index (χ2v) is 7.16. The molecule has 2 atom stereocenters. The molecule has 0 unspecified atom stereocenters. The van der Waals surface area contributed by atoms with E-state index in [4.69, 9.17) is 14.6 Å². The van der Waals surface area contributed by atoms with Crippen LogP contribution in [0.3, 0.4) is 0 Å². The highest BCUT2D eigenvalue weighted by Crippen LogP contribution is 2.40. The third kappa shape index (κ3) is 3.90. The van der Waals surface area contributed by atoms with Gasteiger partial charge in [-0.05, 0) is 23.3 Å². The molecule has 2 amide bonds. The summed E-state index contributed by atoms with van der Waals surface area (Å²) < 4.78 is 10.5. The van der Waals surface area contributed by atoms with E-state index in [-0.39, 0.29) is 30.2 Å². The van der Waals surface area contributed by atoms with Crippen molar-refractivity contribution in [3.8, 4) is 5.75 Å². The molecule has 0 bridgehead atoms. The first kappa shape index (κ1) is 20.0. The van der Waals surface area contributed by atoms with Crippen LogP contribution in [0.2, 0.25) is 0 Å². The largest absolute Gasteiger partial charge is 0.497 e. The number of methoxy groups -OCH3 is 1. The summed E-state index contributed by atoms with van der Waals surface area (Å²) in [5.41, 5.74) is 1.52. The minimum atomic E-state index is -0.657. The first-order chi connectivity index (χ1) is 13.6. The van der Waals surface area contributed by atoms with Crippen LogP contribution < -0.4 is 10.1 Å². The molecule has 1 saturated heterocycles. The maximum Gasteiger partial charge on any atom is 0.355 e. The van der Waals surface area contributed by atoms with Gasteiger partial charge in [0.25, 0.3) is 5.91 Å². The molecule has 0 aliphatic carbocycles. The number of rotatable bonds is 8. The molecule has 2 heterocycles. The van der Waals surface area contributed by atoms with E-state index in [1.54, 1.807) is 37.5 Å². The Bertz CT molecular complexity index is 820. The first-order valence-corrected chi connectivity index (χ1v) is 9.60. The highest BCUT2D eigenvalue weighted by molar-refractivity contribution is 8.00. The predicted octanol–water partition coefficient (Wildman–Crippen LogP) is 0.571. The molecule has 1 aromatic carbocycles. The van der Waals surface area contributed by atoms with Crippen LogP contribution >= 0.6 is 11.8 Å². The highest BCUT2D eigenvalue weighted by Gasteiger charge is 2.53. The van der Waals surface area contributed by atoms with E-state index in [0.29, 0.717) is 23.5 Å². The van der Waals surface area contributed by atoms with Crippen LogP contribution in [0.4, 0.5) is 0 Å². The highest BCUT2D eigenvalue weighted by atomic mass is 32.2. The molecule has 2 aliphatic heterocycles. The van der Waals surface area contributed by atoms with Gasteiger partial charge in [-0.25, -0.2) is 4.79 Å². The van der Waals surface area contributed by atoms with E-state index in [0.717, 1.165) is 5.56 Å². The van der Waals surface area contributed by atoms with Gasteiger partial charge in [-0.3, -0.25) is 14.5 Å². The minimum absolute atomic E-state index is 0.0409. The molecule has 0 aromatic heterocycles. The van der Waals surface area contributed by atoms with Gasteiger partial charge in [0.1, 0.15) is 29.5 Å². The predicted molar refractivity (Wildman–Crippen MR) is 102 cm³/mol. The summed E-state index contributed by atoms with van der Waals surface area (Å²) in [4.78, 5) is 37.3. The van der Waals surface area contributed by atoms with Gasteiger partial charge >= 0.3 is 5.97 Å². The smallest absolute Gasteiger partial charge is 0.355 e. The molecule has 1 fully saturated rings. The lowest BCUT2D eigenvalue weighted by Crippen LogP contribution is -2.69. The van der Waals surface area contributed by atoms with Crippen LogP contribution in [0.1, 0.15) is 5.56 Å². The number of hydrogen-bond donors (Lipinski definition) is 2. The van der Waals surface area contributed by atoms with Crippen molar-refractivity contribution in [1.29, 1.82) is 0 Å². The van der Waals surface area contributed by atoms with E-state index in [2.05, 4.69) is 5.32 Å². The number of β-lactam (4-membered cyclic amide) rings is 1. The number of allylic oxidation sites excluding steroid dienone is 1. The van der Waals surface area contributed by atoms with Crippen LogP contribution in [0.25, 0.3) is 0 Å². The average Bonchev–Trinajstić information content (AvgIpc) is 2.73. The van der Waals surface area contributed by atoms with Gasteiger partial charge in [0.2, 0.25) is 6.41 Å². The molecule has 3 rings (SSSR count). The van der Waals surface area contributed by atoms with E-state index >= 15 is 0 Å². The molecule has 9 heteroatoms. The zero-order valence-corrected chi connectivity index (χ0v) is 16.0. The summed E-state index contributed by atoms with van der Waals surface area (Å²) in [6, 6.07) is 6.44. The number of esters is 1. The fourth-order valence-electron chi connectivity index (χ4n) is 2.99. The lowest BCUT2D eigenvalue weighted by Gasteiger charge is -2.49. The number of benzene rings is 1. The molecule has 1 aromatic rings. The lowest BCUT2D eigenvalue weighted by atomic mass is 10.0. The Morgan fingerprint density at radius 2 is 2.14 bits per heavy atom. The fourth-order valence-corrected chi connectivity index (χ4v) is 4.32. The first-order valence-electron chi connectivity index (χ1n) is 8.55. The Morgan fingerprint density at radius 3 is 2.79 bits per heavy atom. The SMILES string of the molecule is COc1ccc(COC(=O)C2=C(/C=C/CO)CS[C@@H]3[C@H](NC=O)C(=O)N23)cc1. The number of fused-ring (bicyclic) bond motifs is 1. The maximum atomic E-state index is 12.8. The Kier molecular flexibility index (Phi) is 6.37. The fraction of sp³-hybridized carbons (Fsp3) is 0.316. The zero-order valence-electron chi connectivity index (χ0n) is 15.2. The Labute approximate surface area is 166 Å².